The lowest BCUT2D eigenvalue weighted by molar-refractivity contribution is -0.149. The van der Waals surface area contributed by atoms with Crippen LogP contribution in [0.25, 0.3) is 0 Å². The van der Waals surface area contributed by atoms with Gasteiger partial charge in [-0.25, -0.2) is 4.98 Å². The van der Waals surface area contributed by atoms with Crippen molar-refractivity contribution >= 4 is 41.0 Å². The highest BCUT2D eigenvalue weighted by Crippen LogP contribution is 2.45. The monoisotopic (exact) mass is 739 g/mol. The predicted octanol–water partition coefficient (Wildman–Crippen LogP) is 5.23. The smallest absolute Gasteiger partial charge is 0.306 e. The number of hydrogen-bond donors (Lipinski definition) is 3. The second-order valence-electron chi connectivity index (χ2n) is 15.2. The molecule has 2 aliphatic rings. The van der Waals surface area contributed by atoms with Crippen LogP contribution < -0.4 is 10.6 Å². The van der Waals surface area contributed by atoms with Crippen molar-refractivity contribution in [3.8, 4) is 0 Å². The second-order valence-corrected chi connectivity index (χ2v) is 16.1. The molecule has 52 heavy (non-hydrogen) atoms. The van der Waals surface area contributed by atoms with Crippen LogP contribution in [0.1, 0.15) is 114 Å². The molecule has 13 heteroatoms. The molecule has 1 aromatic carbocycles. The Balaban J connectivity index is 1.52. The molecule has 3 amide bonds. The maximum atomic E-state index is 14.3. The van der Waals surface area contributed by atoms with Crippen molar-refractivity contribution in [3.05, 3.63) is 52.0 Å². The number of carboxylic acid groups (broad SMARTS) is 1. The molecule has 286 valence electrons. The summed E-state index contributed by atoms with van der Waals surface area (Å²) < 4.78 is 5.78. The van der Waals surface area contributed by atoms with E-state index >= 15 is 0 Å². The highest BCUT2D eigenvalue weighted by atomic mass is 32.1. The zero-order valence-electron chi connectivity index (χ0n) is 31.9. The molecule has 6 atom stereocenters. The Labute approximate surface area is 312 Å². The number of carbonyl (C=O) groups excluding carboxylic acids is 4. The van der Waals surface area contributed by atoms with Crippen molar-refractivity contribution in [3.63, 3.8) is 0 Å². The van der Waals surface area contributed by atoms with Gasteiger partial charge in [-0.2, -0.15) is 0 Å². The van der Waals surface area contributed by atoms with Gasteiger partial charge in [-0.05, 0) is 63.0 Å². The van der Waals surface area contributed by atoms with E-state index in [1.807, 2.05) is 65.1 Å². The first kappa shape index (κ1) is 40.9. The van der Waals surface area contributed by atoms with Gasteiger partial charge in [0.05, 0.1) is 5.92 Å². The number of amides is 3. The van der Waals surface area contributed by atoms with Crippen LogP contribution in [0.4, 0.5) is 0 Å². The molecule has 4 rings (SSSR count). The van der Waals surface area contributed by atoms with Crippen LogP contribution >= 0.6 is 11.3 Å². The number of aromatic nitrogens is 1. The molecule has 2 fully saturated rings. The summed E-state index contributed by atoms with van der Waals surface area (Å²) in [7, 11) is 3.74. The number of thiazole rings is 1. The maximum Gasteiger partial charge on any atom is 0.306 e. The Kier molecular flexibility index (Phi) is 14.0. The van der Waals surface area contributed by atoms with Crippen molar-refractivity contribution in [2.75, 3.05) is 14.1 Å². The fourth-order valence-corrected chi connectivity index (χ4v) is 8.65. The third kappa shape index (κ3) is 9.57. The third-order valence-corrected chi connectivity index (χ3v) is 12.3. The topological polar surface area (TPSA) is 158 Å². The zero-order chi connectivity index (χ0) is 38.3. The van der Waals surface area contributed by atoms with Crippen molar-refractivity contribution < 1.29 is 33.8 Å². The number of likely N-dealkylation sites (N-methyl/N-ethyl adjacent to an activating group) is 2. The largest absolute Gasteiger partial charge is 0.481 e. The molecule has 0 spiro atoms. The van der Waals surface area contributed by atoms with Crippen LogP contribution in [-0.2, 0) is 30.3 Å². The molecule has 12 nitrogen and oxygen atoms in total. The first-order chi connectivity index (χ1) is 24.6. The van der Waals surface area contributed by atoms with Crippen LogP contribution in [0, 0.1) is 17.8 Å². The zero-order valence-corrected chi connectivity index (χ0v) is 32.7. The summed E-state index contributed by atoms with van der Waals surface area (Å²) >= 11 is 1.19. The molecule has 3 heterocycles. The Morgan fingerprint density at radius 1 is 1.06 bits per heavy atom. The average Bonchev–Trinajstić information content (AvgIpc) is 3.82. The number of nitrogens with zero attached hydrogens (tertiary/aromatic N) is 3. The van der Waals surface area contributed by atoms with Crippen LogP contribution in [0.15, 0.2) is 35.7 Å². The SMILES string of the molecule is CCC(C)C(NC(=O)C12CCC(CC1)N2C)C(=O)N(C)C(CC(OC(C)=O)c1nc(C(=O)NC(Cc2ccccc2)CC(C)C(=O)O)cs1)C(C)C. The van der Waals surface area contributed by atoms with E-state index in [0.717, 1.165) is 31.2 Å². The molecular weight excluding hydrogens is 683 g/mol. The minimum atomic E-state index is -0.943. The number of carboxylic acids is 1. The van der Waals surface area contributed by atoms with Gasteiger partial charge in [0, 0.05) is 43.9 Å². The molecule has 2 aromatic rings. The number of carbonyl (C=O) groups is 5. The number of aliphatic carboxylic acids is 1. The van der Waals surface area contributed by atoms with E-state index in [4.69, 9.17) is 4.74 Å². The summed E-state index contributed by atoms with van der Waals surface area (Å²) in [6, 6.07) is 8.38. The standard InChI is InChI=1S/C39H57N5O7S/c1-9-24(4)33(42-38(50)39-17-15-29(16-18-39)44(39)8)36(47)43(7)31(23(2)3)21-32(51-26(6)45)35-41-30(22-52-35)34(46)40-28(19-25(5)37(48)49)20-27-13-11-10-12-14-27/h10-14,22-25,28-29,31-33H,9,15-21H2,1-8H3,(H,40,46)(H,42,50)(H,48,49). The van der Waals surface area contributed by atoms with E-state index in [9.17, 15) is 29.1 Å². The predicted molar refractivity (Wildman–Crippen MR) is 200 cm³/mol. The lowest BCUT2D eigenvalue weighted by Crippen LogP contribution is -2.60. The van der Waals surface area contributed by atoms with Crippen molar-refractivity contribution in [2.24, 2.45) is 17.8 Å². The summed E-state index contributed by atoms with van der Waals surface area (Å²) in [5.41, 5.74) is 0.525. The Morgan fingerprint density at radius 2 is 1.71 bits per heavy atom. The first-order valence-electron chi connectivity index (χ1n) is 18.6. The highest BCUT2D eigenvalue weighted by Gasteiger charge is 2.55. The third-order valence-electron chi connectivity index (χ3n) is 11.3. The van der Waals surface area contributed by atoms with Crippen LogP contribution in [0.5, 0.6) is 0 Å². The van der Waals surface area contributed by atoms with Crippen LogP contribution in [0.3, 0.4) is 0 Å². The van der Waals surface area contributed by atoms with Gasteiger partial charge < -0.3 is 25.4 Å². The number of hydrogen-bond acceptors (Lipinski definition) is 9. The first-order valence-corrected chi connectivity index (χ1v) is 19.5. The second kappa shape index (κ2) is 17.8. The molecule has 0 saturated carbocycles. The quantitative estimate of drug-likeness (QED) is 0.174. The van der Waals surface area contributed by atoms with Gasteiger partial charge in [0.15, 0.2) is 6.10 Å². The Hall–Kier alpha value is -3.84. The molecule has 0 aliphatic carbocycles. The minimum absolute atomic E-state index is 0.0480. The molecule has 1 aromatic heterocycles. The summed E-state index contributed by atoms with van der Waals surface area (Å²) in [6.45, 7) is 10.9. The molecule has 6 unspecified atom stereocenters. The number of benzene rings is 1. The van der Waals surface area contributed by atoms with Crippen molar-refractivity contribution in [1.82, 2.24) is 25.4 Å². The summed E-state index contributed by atoms with van der Waals surface area (Å²) in [6.07, 6.45) is 4.32. The summed E-state index contributed by atoms with van der Waals surface area (Å²) in [5.74, 6) is -3.04. The highest BCUT2D eigenvalue weighted by molar-refractivity contribution is 7.09. The number of ether oxygens (including phenoxy) is 1. The van der Waals surface area contributed by atoms with Gasteiger partial charge in [0.1, 0.15) is 22.3 Å². The number of fused-ring (bicyclic) bond motifs is 2. The number of nitrogens with one attached hydrogen (secondary N) is 2. The van der Waals surface area contributed by atoms with E-state index in [-0.39, 0.29) is 42.2 Å². The lowest BCUT2D eigenvalue weighted by Gasteiger charge is -2.38. The van der Waals surface area contributed by atoms with Crippen molar-refractivity contribution in [2.45, 2.75) is 129 Å². The van der Waals surface area contributed by atoms with Crippen LogP contribution in [0.2, 0.25) is 0 Å². The number of rotatable bonds is 18. The molecule has 0 radical (unpaired) electrons. The van der Waals surface area contributed by atoms with Gasteiger partial charge in [-0.3, -0.25) is 28.9 Å². The van der Waals surface area contributed by atoms with E-state index in [2.05, 4.69) is 20.5 Å². The lowest BCUT2D eigenvalue weighted by atomic mass is 9.86. The van der Waals surface area contributed by atoms with Gasteiger partial charge >= 0.3 is 11.9 Å². The Morgan fingerprint density at radius 3 is 2.25 bits per heavy atom. The van der Waals surface area contributed by atoms with Gasteiger partial charge in [0.25, 0.3) is 5.91 Å². The molecule has 2 saturated heterocycles. The maximum absolute atomic E-state index is 14.3. The molecule has 2 bridgehead atoms. The molecular formula is C39H57N5O7S. The average molecular weight is 740 g/mol. The normalized spacial score (nSPS) is 21.8. The summed E-state index contributed by atoms with van der Waals surface area (Å²) in [5, 5.41) is 17.7. The van der Waals surface area contributed by atoms with Crippen LogP contribution in [-0.4, -0.2) is 93.4 Å². The van der Waals surface area contributed by atoms with Crippen molar-refractivity contribution in [1.29, 1.82) is 0 Å². The van der Waals surface area contributed by atoms with E-state index in [0.29, 0.717) is 23.9 Å². The van der Waals surface area contributed by atoms with Gasteiger partial charge in [0.2, 0.25) is 11.8 Å². The van der Waals surface area contributed by atoms with E-state index < -0.39 is 53.5 Å². The minimum Gasteiger partial charge on any atom is -0.481 e. The fourth-order valence-electron chi connectivity index (χ4n) is 7.81. The Bertz CT molecular complexity index is 1560. The molecule has 3 N–H and O–H groups in total. The summed E-state index contributed by atoms with van der Waals surface area (Å²) in [4.78, 5) is 74.1. The van der Waals surface area contributed by atoms with Gasteiger partial charge in [-0.15, -0.1) is 11.3 Å². The van der Waals surface area contributed by atoms with E-state index in [1.165, 1.54) is 18.3 Å². The number of esters is 1. The molecule has 2 aliphatic heterocycles. The van der Waals surface area contributed by atoms with E-state index in [1.54, 1.807) is 24.3 Å². The fraction of sp³-hybridized carbons (Fsp3) is 0.641. The van der Waals surface area contributed by atoms with Gasteiger partial charge in [-0.1, -0.05) is 71.4 Å².